The summed E-state index contributed by atoms with van der Waals surface area (Å²) in [5, 5.41) is 19.4. The number of hydrogen-bond donors (Lipinski definition) is 3. The minimum Gasteiger partial charge on any atom is -0.457 e. The van der Waals surface area contributed by atoms with E-state index in [9.17, 15) is 9.59 Å². The van der Waals surface area contributed by atoms with E-state index < -0.39 is 11.7 Å². The number of nitrogens with one attached hydrogen (secondary N) is 3. The van der Waals surface area contributed by atoms with Crippen LogP contribution in [-0.4, -0.2) is 78.0 Å². The molecule has 5 rings (SSSR count). The number of nitrogens with zero attached hydrogens (tertiary/aromatic N) is 2. The Morgan fingerprint density at radius 3 is 2.41 bits per heavy atom. The monoisotopic (exact) mass is 631 g/mol. The number of allylic oxidation sites excluding steroid dienone is 2. The molecule has 1 atom stereocenters. The molecule has 246 valence electrons. The first-order valence-corrected chi connectivity index (χ1v) is 16.4. The van der Waals surface area contributed by atoms with Crippen LogP contribution < -0.4 is 10.1 Å². The van der Waals surface area contributed by atoms with Crippen molar-refractivity contribution < 1.29 is 23.5 Å². The van der Waals surface area contributed by atoms with Gasteiger partial charge in [0, 0.05) is 69.2 Å². The second-order valence-electron chi connectivity index (χ2n) is 13.1. The normalized spacial score (nSPS) is 20.1. The van der Waals surface area contributed by atoms with Crippen molar-refractivity contribution in [3.05, 3.63) is 71.1 Å². The van der Waals surface area contributed by atoms with Crippen LogP contribution >= 0.6 is 0 Å². The quantitative estimate of drug-likeness (QED) is 0.265. The zero-order valence-electron chi connectivity index (χ0n) is 27.1. The van der Waals surface area contributed by atoms with Crippen LogP contribution in [0.3, 0.4) is 0 Å². The molecule has 2 aromatic rings. The maximum Gasteiger partial charge on any atom is 0.254 e. The van der Waals surface area contributed by atoms with Crippen LogP contribution in [0.5, 0.6) is 11.5 Å². The van der Waals surface area contributed by atoms with Crippen LogP contribution in [0.4, 0.5) is 4.39 Å². The Bertz CT molecular complexity index is 1460. The highest BCUT2D eigenvalue weighted by Gasteiger charge is 2.30. The summed E-state index contributed by atoms with van der Waals surface area (Å²) in [6.45, 7) is 9.98. The van der Waals surface area contributed by atoms with Crippen molar-refractivity contribution in [1.82, 2.24) is 15.1 Å². The summed E-state index contributed by atoms with van der Waals surface area (Å²) in [5.74, 6) is -0.0720. The van der Waals surface area contributed by atoms with Gasteiger partial charge in [0.15, 0.2) is 0 Å². The van der Waals surface area contributed by atoms with Crippen molar-refractivity contribution >= 4 is 23.2 Å². The maximum absolute atomic E-state index is 15.6. The molecule has 3 N–H and O–H groups in total. The third kappa shape index (κ3) is 8.47. The Kier molecular flexibility index (Phi) is 11.0. The van der Waals surface area contributed by atoms with Crippen molar-refractivity contribution in [3.8, 4) is 11.5 Å². The third-order valence-corrected chi connectivity index (χ3v) is 9.18. The van der Waals surface area contributed by atoms with E-state index in [1.165, 1.54) is 12.1 Å². The smallest absolute Gasteiger partial charge is 0.254 e. The van der Waals surface area contributed by atoms with Crippen LogP contribution in [0.25, 0.3) is 0 Å². The van der Waals surface area contributed by atoms with Crippen molar-refractivity contribution in [2.45, 2.75) is 71.5 Å². The van der Waals surface area contributed by atoms with Gasteiger partial charge >= 0.3 is 0 Å². The molecule has 0 spiro atoms. The van der Waals surface area contributed by atoms with E-state index in [0.29, 0.717) is 47.3 Å². The van der Waals surface area contributed by atoms with Crippen molar-refractivity contribution in [2.24, 2.45) is 11.8 Å². The van der Waals surface area contributed by atoms with Crippen molar-refractivity contribution in [3.63, 3.8) is 0 Å². The molecule has 10 heteroatoms. The molecule has 0 aliphatic carbocycles. The molecule has 2 aromatic carbocycles. The number of halogens is 1. The number of ether oxygens (including phenoxy) is 2. The van der Waals surface area contributed by atoms with Crippen LogP contribution in [0.2, 0.25) is 0 Å². The molecule has 3 aliphatic rings. The first-order valence-electron chi connectivity index (χ1n) is 16.4. The zero-order chi connectivity index (χ0) is 32.8. The molecule has 3 saturated heterocycles. The Balaban J connectivity index is 1.31. The number of amides is 2. The SMILES string of the molecule is CC(C)C(=N)/C=C\C(=N)c1ccc(Oc2cc(C(=O)NC3CCN(C4CCOCC4)CC3)c(F)cc2CN2C[C@@H](C)CC2=O)cc1. The molecule has 9 nitrogen and oxygen atoms in total. The van der Waals surface area contributed by atoms with Gasteiger partial charge in [0.25, 0.3) is 5.91 Å². The van der Waals surface area contributed by atoms with Gasteiger partial charge in [-0.05, 0) is 91.6 Å². The lowest BCUT2D eigenvalue weighted by Gasteiger charge is -2.39. The molecular formula is C36H46FN5O4. The zero-order valence-corrected chi connectivity index (χ0v) is 27.1. The molecule has 46 heavy (non-hydrogen) atoms. The van der Waals surface area contributed by atoms with E-state index in [1.807, 2.05) is 20.8 Å². The number of piperidine rings is 1. The van der Waals surface area contributed by atoms with Gasteiger partial charge in [-0.3, -0.25) is 9.59 Å². The van der Waals surface area contributed by atoms with Gasteiger partial charge < -0.3 is 35.4 Å². The second kappa shape index (κ2) is 15.1. The summed E-state index contributed by atoms with van der Waals surface area (Å²) < 4.78 is 27.3. The van der Waals surface area contributed by atoms with E-state index in [1.54, 1.807) is 41.3 Å². The van der Waals surface area contributed by atoms with Gasteiger partial charge in [0.2, 0.25) is 5.91 Å². The van der Waals surface area contributed by atoms with Gasteiger partial charge in [-0.15, -0.1) is 0 Å². The number of carbonyl (C=O) groups excluding carboxylic acids is 2. The van der Waals surface area contributed by atoms with Gasteiger partial charge in [-0.25, -0.2) is 4.39 Å². The first kappa shape index (κ1) is 33.5. The lowest BCUT2D eigenvalue weighted by Crippen LogP contribution is -2.49. The molecular weight excluding hydrogens is 585 g/mol. The largest absolute Gasteiger partial charge is 0.457 e. The topological polar surface area (TPSA) is 119 Å². The summed E-state index contributed by atoms with van der Waals surface area (Å²) in [5.41, 5.74) is 1.74. The second-order valence-corrected chi connectivity index (χ2v) is 13.1. The van der Waals surface area contributed by atoms with E-state index in [0.717, 1.165) is 52.0 Å². The average molecular weight is 632 g/mol. The average Bonchev–Trinajstić information content (AvgIpc) is 3.37. The van der Waals surface area contributed by atoms with Gasteiger partial charge in [0.05, 0.1) is 11.3 Å². The van der Waals surface area contributed by atoms with Gasteiger partial charge in [-0.2, -0.15) is 0 Å². The van der Waals surface area contributed by atoms with E-state index in [4.69, 9.17) is 20.3 Å². The number of carbonyl (C=O) groups is 2. The molecule has 3 fully saturated rings. The standard InChI is InChI=1S/C36H46FN5O4/c1-23(2)32(38)8-9-33(39)25-4-6-29(7-5-25)46-34-20-30(31(37)19-26(34)22-42-21-24(3)18-35(42)43)36(44)40-27-10-14-41(15-11-27)28-12-16-45-17-13-28/h4-9,19-20,23-24,27-28,38-39H,10-18,21-22H2,1-3H3,(H,40,44)/b9-8-,38-32?,39-33?/t24-/m0/s1. The van der Waals surface area contributed by atoms with E-state index in [2.05, 4.69) is 10.2 Å². The predicted octanol–water partition coefficient (Wildman–Crippen LogP) is 5.96. The lowest BCUT2D eigenvalue weighted by molar-refractivity contribution is -0.128. The van der Waals surface area contributed by atoms with Crippen molar-refractivity contribution in [1.29, 1.82) is 10.8 Å². The number of hydrogen-bond acceptors (Lipinski definition) is 7. The predicted molar refractivity (Wildman–Crippen MR) is 177 cm³/mol. The summed E-state index contributed by atoms with van der Waals surface area (Å²) in [7, 11) is 0. The van der Waals surface area contributed by atoms with E-state index >= 15 is 4.39 Å². The highest BCUT2D eigenvalue weighted by atomic mass is 19.1. The van der Waals surface area contributed by atoms with Gasteiger partial charge in [0.1, 0.15) is 17.3 Å². The molecule has 0 saturated carbocycles. The Morgan fingerprint density at radius 1 is 1.09 bits per heavy atom. The molecule has 0 aromatic heterocycles. The van der Waals surface area contributed by atoms with E-state index in [-0.39, 0.29) is 41.6 Å². The number of rotatable bonds is 11. The Labute approximate surface area is 271 Å². The fourth-order valence-corrected chi connectivity index (χ4v) is 6.33. The van der Waals surface area contributed by atoms with Crippen molar-refractivity contribution in [2.75, 3.05) is 32.8 Å². The minimum atomic E-state index is -0.651. The van der Waals surface area contributed by atoms with Crippen LogP contribution in [0.1, 0.15) is 74.4 Å². The summed E-state index contributed by atoms with van der Waals surface area (Å²) in [4.78, 5) is 30.2. The Hall–Kier alpha value is -3.89. The highest BCUT2D eigenvalue weighted by molar-refractivity contribution is 6.10. The summed E-state index contributed by atoms with van der Waals surface area (Å²) in [6.07, 6.45) is 7.35. The first-order chi connectivity index (χ1) is 22.1. The lowest BCUT2D eigenvalue weighted by atomic mass is 9.99. The fraction of sp³-hybridized carbons (Fsp3) is 0.500. The van der Waals surface area contributed by atoms with Crippen LogP contribution in [-0.2, 0) is 16.1 Å². The summed E-state index contributed by atoms with van der Waals surface area (Å²) in [6, 6.07) is 10.2. The number of benzene rings is 2. The highest BCUT2D eigenvalue weighted by Crippen LogP contribution is 2.32. The maximum atomic E-state index is 15.6. The van der Waals surface area contributed by atoms with Crippen LogP contribution in [0, 0.1) is 28.5 Å². The Morgan fingerprint density at radius 2 is 1.78 bits per heavy atom. The molecule has 0 radical (unpaired) electrons. The fourth-order valence-electron chi connectivity index (χ4n) is 6.33. The minimum absolute atomic E-state index is 0.00856. The molecule has 0 bridgehead atoms. The third-order valence-electron chi connectivity index (χ3n) is 9.18. The molecule has 2 amide bonds. The number of likely N-dealkylation sites (tertiary alicyclic amines) is 2. The molecule has 0 unspecified atom stereocenters. The summed E-state index contributed by atoms with van der Waals surface area (Å²) >= 11 is 0. The molecule has 3 heterocycles. The van der Waals surface area contributed by atoms with Crippen LogP contribution in [0.15, 0.2) is 48.6 Å². The molecule has 3 aliphatic heterocycles. The van der Waals surface area contributed by atoms with Gasteiger partial charge in [-0.1, -0.05) is 20.8 Å².